The minimum Gasteiger partial charge on any atom is -0.480 e. The molecular weight excluding hydrogens is 564 g/mol. The summed E-state index contributed by atoms with van der Waals surface area (Å²) in [6, 6.07) is 8.75. The highest BCUT2D eigenvalue weighted by Crippen LogP contribution is 2.30. The first-order valence-corrected chi connectivity index (χ1v) is 13.2. The van der Waals surface area contributed by atoms with Crippen LogP contribution in [-0.2, 0) is 24.8 Å². The molecule has 0 unspecified atom stereocenters. The Bertz CT molecular complexity index is 1010. The lowest BCUT2D eigenvalue weighted by atomic mass is 10.1. The standard InChI is InChI=1S/C18H20Br2N2O6S2/c19-13-4-8-15(9-5-13)29(25,26)22(17(18(23)24)3-1-2-12-21)30(27,28)16-10-6-14(20)7-11-16/h4-11,17H,1-3,12,21H2,(H,23,24)/t17-/m0/s1. The topological polar surface area (TPSA) is 135 Å². The van der Waals surface area contributed by atoms with Crippen LogP contribution in [0.3, 0.4) is 0 Å². The van der Waals surface area contributed by atoms with E-state index >= 15 is 0 Å². The summed E-state index contributed by atoms with van der Waals surface area (Å²) in [5, 5.41) is 9.73. The van der Waals surface area contributed by atoms with Crippen LogP contribution in [0.1, 0.15) is 19.3 Å². The molecule has 0 fully saturated rings. The van der Waals surface area contributed by atoms with Crippen LogP contribution in [0.2, 0.25) is 0 Å². The summed E-state index contributed by atoms with van der Waals surface area (Å²) in [6.07, 6.45) is 0.460. The van der Waals surface area contributed by atoms with Crippen molar-refractivity contribution in [1.29, 1.82) is 0 Å². The van der Waals surface area contributed by atoms with E-state index in [0.717, 1.165) is 0 Å². The predicted octanol–water partition coefficient (Wildman–Crippen LogP) is 3.17. The molecule has 0 aliphatic rings. The summed E-state index contributed by atoms with van der Waals surface area (Å²) >= 11 is 6.38. The van der Waals surface area contributed by atoms with Crippen molar-refractivity contribution in [3.8, 4) is 0 Å². The normalized spacial score (nSPS) is 13.3. The van der Waals surface area contributed by atoms with Crippen LogP contribution in [0, 0.1) is 0 Å². The van der Waals surface area contributed by atoms with Crippen molar-refractivity contribution in [3.63, 3.8) is 0 Å². The van der Waals surface area contributed by atoms with Gasteiger partial charge in [-0.25, -0.2) is 16.8 Å². The van der Waals surface area contributed by atoms with Crippen LogP contribution >= 0.6 is 31.9 Å². The molecule has 0 aliphatic heterocycles. The number of carboxylic acid groups (broad SMARTS) is 1. The number of halogens is 2. The number of rotatable bonds is 10. The third kappa shape index (κ3) is 5.68. The fourth-order valence-corrected chi connectivity index (χ4v) is 7.20. The third-order valence-corrected chi connectivity index (χ3v) is 9.60. The molecule has 1 atom stereocenters. The van der Waals surface area contributed by atoms with Gasteiger partial charge >= 0.3 is 5.97 Å². The molecule has 0 heterocycles. The quantitative estimate of drug-likeness (QED) is 0.410. The Morgan fingerprint density at radius 3 is 1.60 bits per heavy atom. The zero-order chi connectivity index (χ0) is 22.5. The van der Waals surface area contributed by atoms with Crippen molar-refractivity contribution in [2.45, 2.75) is 35.1 Å². The number of hydrogen-bond donors (Lipinski definition) is 2. The first-order valence-electron chi connectivity index (χ1n) is 8.75. The second kappa shape index (κ2) is 10.3. The molecule has 2 aromatic rings. The van der Waals surface area contributed by atoms with Crippen LogP contribution in [0.25, 0.3) is 0 Å². The maximum atomic E-state index is 13.3. The van der Waals surface area contributed by atoms with Crippen LogP contribution in [-0.4, -0.2) is 44.2 Å². The number of sulfonamides is 2. The molecule has 0 saturated carbocycles. The minimum atomic E-state index is -4.71. The van der Waals surface area contributed by atoms with E-state index in [2.05, 4.69) is 31.9 Å². The number of carboxylic acids is 1. The van der Waals surface area contributed by atoms with Gasteiger partial charge in [0.2, 0.25) is 0 Å². The Balaban J connectivity index is 2.68. The number of aliphatic carboxylic acids is 1. The highest BCUT2D eigenvalue weighted by molar-refractivity contribution is 9.10. The number of unbranched alkanes of at least 4 members (excludes halogenated alkanes) is 1. The lowest BCUT2D eigenvalue weighted by molar-refractivity contribution is -0.140. The number of nitrogens with zero attached hydrogens (tertiary/aromatic N) is 1. The van der Waals surface area contributed by atoms with E-state index in [1.165, 1.54) is 48.5 Å². The molecule has 164 valence electrons. The maximum absolute atomic E-state index is 13.3. The molecule has 0 spiro atoms. The fourth-order valence-electron chi connectivity index (χ4n) is 2.69. The zero-order valence-electron chi connectivity index (χ0n) is 15.6. The van der Waals surface area contributed by atoms with Crippen molar-refractivity contribution in [2.75, 3.05) is 6.54 Å². The Hall–Kier alpha value is -1.31. The monoisotopic (exact) mass is 582 g/mol. The van der Waals surface area contributed by atoms with E-state index in [9.17, 15) is 26.7 Å². The van der Waals surface area contributed by atoms with E-state index in [-0.39, 0.29) is 32.9 Å². The molecule has 2 aromatic carbocycles. The molecule has 0 amide bonds. The van der Waals surface area contributed by atoms with Crippen molar-refractivity contribution in [1.82, 2.24) is 3.71 Å². The number of nitrogens with two attached hydrogens (primary N) is 1. The summed E-state index contributed by atoms with van der Waals surface area (Å²) < 4.78 is 54.6. The second-order valence-electron chi connectivity index (χ2n) is 6.28. The van der Waals surface area contributed by atoms with Gasteiger partial charge in [-0.2, -0.15) is 0 Å². The first-order chi connectivity index (χ1) is 14.0. The van der Waals surface area contributed by atoms with E-state index in [4.69, 9.17) is 5.73 Å². The molecular formula is C18H20Br2N2O6S2. The van der Waals surface area contributed by atoms with Crippen LogP contribution in [0.15, 0.2) is 67.3 Å². The van der Waals surface area contributed by atoms with Gasteiger partial charge < -0.3 is 10.8 Å². The molecule has 2 rings (SSSR count). The molecule has 3 N–H and O–H groups in total. The number of hydrogen-bond acceptors (Lipinski definition) is 6. The first kappa shape index (κ1) is 25.0. The molecule has 8 nitrogen and oxygen atoms in total. The minimum absolute atomic E-state index is 0.103. The van der Waals surface area contributed by atoms with Crippen LogP contribution in [0.5, 0.6) is 0 Å². The Kier molecular flexibility index (Phi) is 8.60. The van der Waals surface area contributed by atoms with Gasteiger partial charge in [0.15, 0.2) is 0 Å². The van der Waals surface area contributed by atoms with Gasteiger partial charge in [-0.05, 0) is 74.3 Å². The highest BCUT2D eigenvalue weighted by Gasteiger charge is 2.45. The predicted molar refractivity (Wildman–Crippen MR) is 119 cm³/mol. The van der Waals surface area contributed by atoms with Crippen LogP contribution < -0.4 is 5.73 Å². The average Bonchev–Trinajstić information content (AvgIpc) is 2.67. The zero-order valence-corrected chi connectivity index (χ0v) is 20.4. The molecule has 30 heavy (non-hydrogen) atoms. The van der Waals surface area contributed by atoms with Crippen molar-refractivity contribution in [3.05, 3.63) is 57.5 Å². The van der Waals surface area contributed by atoms with Crippen molar-refractivity contribution >= 4 is 57.9 Å². The molecule has 12 heteroatoms. The number of benzene rings is 2. The summed E-state index contributed by atoms with van der Waals surface area (Å²) in [4.78, 5) is 11.3. The summed E-state index contributed by atoms with van der Waals surface area (Å²) in [5.41, 5.74) is 5.44. The SMILES string of the molecule is NCCCC[C@@H](C(=O)O)N(S(=O)(=O)c1ccc(Br)cc1)S(=O)(=O)c1ccc(Br)cc1. The Labute approximate surface area is 192 Å². The van der Waals surface area contributed by atoms with E-state index in [1.807, 2.05) is 0 Å². The molecule has 0 radical (unpaired) electrons. The molecule has 0 saturated heterocycles. The molecule has 0 aromatic heterocycles. The van der Waals surface area contributed by atoms with Crippen molar-refractivity contribution < 1.29 is 26.7 Å². The largest absolute Gasteiger partial charge is 0.480 e. The fraction of sp³-hybridized carbons (Fsp3) is 0.278. The van der Waals surface area contributed by atoms with Gasteiger partial charge in [-0.3, -0.25) is 4.79 Å². The second-order valence-corrected chi connectivity index (χ2v) is 12.0. The van der Waals surface area contributed by atoms with Gasteiger partial charge in [-0.1, -0.05) is 35.6 Å². The average molecular weight is 584 g/mol. The van der Waals surface area contributed by atoms with E-state index < -0.39 is 32.1 Å². The third-order valence-electron chi connectivity index (χ3n) is 4.17. The van der Waals surface area contributed by atoms with Crippen LogP contribution in [0.4, 0.5) is 0 Å². The molecule has 0 bridgehead atoms. The lowest BCUT2D eigenvalue weighted by Gasteiger charge is -2.27. The smallest absolute Gasteiger partial charge is 0.323 e. The van der Waals surface area contributed by atoms with Gasteiger partial charge in [0.25, 0.3) is 20.0 Å². The van der Waals surface area contributed by atoms with E-state index in [1.54, 1.807) is 0 Å². The number of carbonyl (C=O) groups is 1. The van der Waals surface area contributed by atoms with Crippen molar-refractivity contribution in [2.24, 2.45) is 5.73 Å². The van der Waals surface area contributed by atoms with E-state index in [0.29, 0.717) is 15.4 Å². The van der Waals surface area contributed by atoms with Gasteiger partial charge in [0.1, 0.15) is 6.04 Å². The summed E-state index contributed by atoms with van der Waals surface area (Å²) in [6.45, 7) is 0.269. The van der Waals surface area contributed by atoms with Gasteiger partial charge in [0, 0.05) is 8.95 Å². The Morgan fingerprint density at radius 2 is 1.27 bits per heavy atom. The maximum Gasteiger partial charge on any atom is 0.323 e. The highest BCUT2D eigenvalue weighted by atomic mass is 79.9. The molecule has 0 aliphatic carbocycles. The van der Waals surface area contributed by atoms with Gasteiger partial charge in [0.05, 0.1) is 9.79 Å². The summed E-state index contributed by atoms with van der Waals surface area (Å²) in [5.74, 6) is -1.56. The lowest BCUT2D eigenvalue weighted by Crippen LogP contribution is -2.48. The summed E-state index contributed by atoms with van der Waals surface area (Å²) in [7, 11) is -9.43. The Morgan fingerprint density at radius 1 is 0.867 bits per heavy atom. The van der Waals surface area contributed by atoms with Gasteiger partial charge in [-0.15, -0.1) is 0 Å².